The Hall–Kier alpha value is -1.61. The molecule has 0 saturated carbocycles. The predicted molar refractivity (Wildman–Crippen MR) is 62.3 cm³/mol. The zero-order valence-electron chi connectivity index (χ0n) is 10.6. The van der Waals surface area contributed by atoms with Crippen LogP contribution in [0.25, 0.3) is 0 Å². The zero-order chi connectivity index (χ0) is 13.5. The third-order valence-corrected chi connectivity index (χ3v) is 2.96. The molecule has 3 atom stereocenters. The van der Waals surface area contributed by atoms with Crippen LogP contribution >= 0.6 is 0 Å². The number of nitriles is 1. The molecule has 0 aromatic heterocycles. The van der Waals surface area contributed by atoms with E-state index in [1.54, 1.807) is 6.92 Å². The average Bonchev–Trinajstić information content (AvgIpc) is 2.88. The lowest BCUT2D eigenvalue weighted by molar-refractivity contribution is -0.147. The van der Waals surface area contributed by atoms with Crippen molar-refractivity contribution in [1.82, 2.24) is 5.32 Å². The minimum Gasteiger partial charge on any atom is -0.467 e. The summed E-state index contributed by atoms with van der Waals surface area (Å²) >= 11 is 0. The number of carbonyl (C=O) groups excluding carboxylic acids is 2. The number of nitrogens with one attached hydrogen (secondary N) is 1. The summed E-state index contributed by atoms with van der Waals surface area (Å²) < 4.78 is 9.88. The Labute approximate surface area is 106 Å². The van der Waals surface area contributed by atoms with Crippen LogP contribution < -0.4 is 5.32 Å². The van der Waals surface area contributed by atoms with Gasteiger partial charge in [-0.05, 0) is 12.8 Å². The molecular weight excluding hydrogens is 236 g/mol. The Morgan fingerprint density at radius 1 is 1.61 bits per heavy atom. The average molecular weight is 254 g/mol. The van der Waals surface area contributed by atoms with Gasteiger partial charge in [-0.2, -0.15) is 5.26 Å². The summed E-state index contributed by atoms with van der Waals surface area (Å²) in [6, 6.07) is 1.18. The van der Waals surface area contributed by atoms with Crippen molar-refractivity contribution in [2.75, 3.05) is 13.7 Å². The molecule has 1 N–H and O–H groups in total. The molecule has 0 radical (unpaired) electrons. The van der Waals surface area contributed by atoms with Gasteiger partial charge < -0.3 is 14.8 Å². The van der Waals surface area contributed by atoms with Crippen molar-refractivity contribution in [3.05, 3.63) is 0 Å². The van der Waals surface area contributed by atoms with Crippen LogP contribution in [0, 0.1) is 17.2 Å². The van der Waals surface area contributed by atoms with E-state index >= 15 is 0 Å². The van der Waals surface area contributed by atoms with E-state index in [1.807, 2.05) is 6.07 Å². The van der Waals surface area contributed by atoms with E-state index in [-0.39, 0.29) is 18.2 Å². The van der Waals surface area contributed by atoms with Gasteiger partial charge in [-0.15, -0.1) is 0 Å². The number of amides is 1. The largest absolute Gasteiger partial charge is 0.467 e. The highest BCUT2D eigenvalue weighted by Gasteiger charge is 2.31. The topological polar surface area (TPSA) is 88.4 Å². The molecule has 6 nitrogen and oxygen atoms in total. The van der Waals surface area contributed by atoms with E-state index in [0.29, 0.717) is 13.0 Å². The highest BCUT2D eigenvalue weighted by Crippen LogP contribution is 2.14. The Bertz CT molecular complexity index is 344. The van der Waals surface area contributed by atoms with Gasteiger partial charge in [-0.25, -0.2) is 4.79 Å². The molecule has 1 aliphatic heterocycles. The van der Waals surface area contributed by atoms with Crippen LogP contribution in [0.4, 0.5) is 0 Å². The Morgan fingerprint density at radius 3 is 2.83 bits per heavy atom. The zero-order valence-corrected chi connectivity index (χ0v) is 10.6. The molecule has 1 saturated heterocycles. The van der Waals surface area contributed by atoms with Gasteiger partial charge in [0.1, 0.15) is 12.1 Å². The maximum absolute atomic E-state index is 11.9. The molecule has 0 aliphatic carbocycles. The second-order valence-electron chi connectivity index (χ2n) is 4.35. The van der Waals surface area contributed by atoms with Crippen LogP contribution in [0.1, 0.15) is 26.2 Å². The molecule has 1 heterocycles. The van der Waals surface area contributed by atoms with Gasteiger partial charge in [0.2, 0.25) is 5.91 Å². The normalized spacial score (nSPS) is 21.7. The molecule has 0 aromatic carbocycles. The minimum absolute atomic E-state index is 0.172. The molecule has 1 aliphatic rings. The highest BCUT2D eigenvalue weighted by molar-refractivity contribution is 5.87. The highest BCUT2D eigenvalue weighted by atomic mass is 16.5. The molecular formula is C12H18N2O4. The predicted octanol–water partition coefficient (Wildman–Crippen LogP) is 0.373. The number of esters is 1. The molecule has 1 rings (SSSR count). The van der Waals surface area contributed by atoms with Crippen molar-refractivity contribution in [3.63, 3.8) is 0 Å². The van der Waals surface area contributed by atoms with Crippen LogP contribution in [-0.2, 0) is 19.1 Å². The summed E-state index contributed by atoms with van der Waals surface area (Å²) in [7, 11) is 1.26. The standard InChI is InChI=1S/C12H18N2O4/c1-8(5-6-13)10(12(16)17-2)14-11(15)9-4-3-7-18-9/h8-10H,3-5,7H2,1-2H3,(H,14,15)/t8-,9+,10-/m0/s1. The van der Waals surface area contributed by atoms with E-state index in [4.69, 9.17) is 10.00 Å². The van der Waals surface area contributed by atoms with E-state index in [0.717, 1.165) is 6.42 Å². The molecule has 100 valence electrons. The van der Waals surface area contributed by atoms with Gasteiger partial charge in [0, 0.05) is 18.9 Å². The number of carbonyl (C=O) groups is 2. The van der Waals surface area contributed by atoms with Crippen molar-refractivity contribution < 1.29 is 19.1 Å². The lowest BCUT2D eigenvalue weighted by Gasteiger charge is -2.22. The molecule has 0 bridgehead atoms. The van der Waals surface area contributed by atoms with E-state index in [9.17, 15) is 9.59 Å². The maximum atomic E-state index is 11.9. The fourth-order valence-electron chi connectivity index (χ4n) is 1.85. The maximum Gasteiger partial charge on any atom is 0.328 e. The first-order chi connectivity index (χ1) is 8.60. The quantitative estimate of drug-likeness (QED) is 0.716. The van der Waals surface area contributed by atoms with Crippen molar-refractivity contribution >= 4 is 11.9 Å². The van der Waals surface area contributed by atoms with Crippen LogP contribution in [-0.4, -0.2) is 37.7 Å². The number of hydrogen-bond donors (Lipinski definition) is 1. The number of methoxy groups -OCH3 is 1. The van der Waals surface area contributed by atoms with Gasteiger partial charge in [0.05, 0.1) is 13.2 Å². The second-order valence-corrected chi connectivity index (χ2v) is 4.35. The summed E-state index contributed by atoms with van der Waals surface area (Å²) in [5.41, 5.74) is 0. The molecule has 1 fully saturated rings. The van der Waals surface area contributed by atoms with Gasteiger partial charge in [-0.3, -0.25) is 4.79 Å². The first-order valence-electron chi connectivity index (χ1n) is 5.97. The number of ether oxygens (including phenoxy) is 2. The van der Waals surface area contributed by atoms with Crippen LogP contribution in [0.15, 0.2) is 0 Å². The third kappa shape index (κ3) is 3.70. The second kappa shape index (κ2) is 6.97. The monoisotopic (exact) mass is 254 g/mol. The molecule has 0 unspecified atom stereocenters. The SMILES string of the molecule is COC(=O)[C@@H](NC(=O)[C@H]1CCCO1)[C@@H](C)CC#N. The van der Waals surface area contributed by atoms with Crippen LogP contribution in [0.3, 0.4) is 0 Å². The van der Waals surface area contributed by atoms with E-state index in [1.165, 1.54) is 7.11 Å². The van der Waals surface area contributed by atoms with Gasteiger partial charge in [0.25, 0.3) is 0 Å². The Morgan fingerprint density at radius 2 is 2.33 bits per heavy atom. The number of rotatable bonds is 5. The molecule has 0 spiro atoms. The van der Waals surface area contributed by atoms with Crippen LogP contribution in [0.2, 0.25) is 0 Å². The van der Waals surface area contributed by atoms with Gasteiger partial charge in [-0.1, -0.05) is 6.92 Å². The number of hydrogen-bond acceptors (Lipinski definition) is 5. The molecule has 18 heavy (non-hydrogen) atoms. The minimum atomic E-state index is -0.800. The van der Waals surface area contributed by atoms with Crippen molar-refractivity contribution in [1.29, 1.82) is 5.26 Å². The summed E-state index contributed by atoms with van der Waals surface area (Å²) in [4.78, 5) is 23.4. The fourth-order valence-corrected chi connectivity index (χ4v) is 1.85. The summed E-state index contributed by atoms with van der Waals surface area (Å²) in [6.07, 6.45) is 1.18. The Kier molecular flexibility index (Phi) is 5.59. The smallest absolute Gasteiger partial charge is 0.328 e. The summed E-state index contributed by atoms with van der Waals surface area (Å²) in [5, 5.41) is 11.3. The van der Waals surface area contributed by atoms with Crippen LogP contribution in [0.5, 0.6) is 0 Å². The lowest BCUT2D eigenvalue weighted by Crippen LogP contribution is -2.49. The Balaban J connectivity index is 2.62. The third-order valence-electron chi connectivity index (χ3n) is 2.96. The van der Waals surface area contributed by atoms with Crippen molar-refractivity contribution in [2.45, 2.75) is 38.3 Å². The summed E-state index contributed by atoms with van der Waals surface area (Å²) in [5.74, 6) is -1.15. The fraction of sp³-hybridized carbons (Fsp3) is 0.750. The van der Waals surface area contributed by atoms with Crippen molar-refractivity contribution in [2.24, 2.45) is 5.92 Å². The van der Waals surface area contributed by atoms with E-state index < -0.39 is 18.1 Å². The first-order valence-corrected chi connectivity index (χ1v) is 5.97. The lowest BCUT2D eigenvalue weighted by atomic mass is 9.98. The van der Waals surface area contributed by atoms with E-state index in [2.05, 4.69) is 10.1 Å². The summed E-state index contributed by atoms with van der Waals surface area (Å²) in [6.45, 7) is 2.29. The molecule has 6 heteroatoms. The van der Waals surface area contributed by atoms with Gasteiger partial charge >= 0.3 is 5.97 Å². The first kappa shape index (κ1) is 14.5. The van der Waals surface area contributed by atoms with Gasteiger partial charge in [0.15, 0.2) is 0 Å². The molecule has 0 aromatic rings. The number of nitrogens with zero attached hydrogens (tertiary/aromatic N) is 1. The van der Waals surface area contributed by atoms with Crippen molar-refractivity contribution in [3.8, 4) is 6.07 Å². The molecule has 1 amide bonds.